The molecule has 2 aromatic rings. The lowest BCUT2D eigenvalue weighted by Crippen LogP contribution is -2.44. The minimum Gasteiger partial charge on any atom is -0.369 e. The Morgan fingerprint density at radius 2 is 1.53 bits per heavy atom. The van der Waals surface area contributed by atoms with Gasteiger partial charge in [0.25, 0.3) is 5.91 Å². The molecule has 4 rings (SSSR count). The predicted octanol–water partition coefficient (Wildman–Crippen LogP) is 2.66. The van der Waals surface area contributed by atoms with Crippen LogP contribution < -0.4 is 10.4 Å². The number of nitrogens with zero attached hydrogens (tertiary/aromatic N) is 3. The molecule has 1 amide bonds. The largest absolute Gasteiger partial charge is 0.369 e. The summed E-state index contributed by atoms with van der Waals surface area (Å²) in [5.74, 6) is -0.486. The van der Waals surface area contributed by atoms with Crippen molar-refractivity contribution >= 4 is 22.6 Å². The van der Waals surface area contributed by atoms with E-state index in [2.05, 4.69) is 41.1 Å². The molecule has 2 aliphatic rings. The fourth-order valence-electron chi connectivity index (χ4n) is 4.13. The summed E-state index contributed by atoms with van der Waals surface area (Å²) >= 11 is 0. The van der Waals surface area contributed by atoms with Crippen LogP contribution in [0.1, 0.15) is 12.8 Å². The minimum absolute atomic E-state index is 0.454. The number of amides is 1. The highest BCUT2D eigenvalue weighted by Crippen LogP contribution is 2.26. The number of hydrogen-bond acceptors (Lipinski definition) is 5. The van der Waals surface area contributed by atoms with Crippen LogP contribution in [0.2, 0.25) is 0 Å². The number of hydrogen-bond donors (Lipinski definition) is 2. The second-order valence-electron chi connectivity index (χ2n) is 8.25. The molecule has 1 atom stereocenters. The van der Waals surface area contributed by atoms with Crippen LogP contribution in [0.15, 0.2) is 65.1 Å². The second-order valence-corrected chi connectivity index (χ2v) is 9.73. The third-order valence-electron chi connectivity index (χ3n) is 6.15. The van der Waals surface area contributed by atoms with Crippen LogP contribution in [0.25, 0.3) is 11.1 Å². The maximum Gasteiger partial charge on any atom is 0.270 e. The molecular weight excluding hydrogens is 424 g/mol. The summed E-state index contributed by atoms with van der Waals surface area (Å²) in [6.45, 7) is 5.38. The zero-order valence-electron chi connectivity index (χ0n) is 18.4. The lowest BCUT2D eigenvalue weighted by atomic mass is 10.1. The van der Waals surface area contributed by atoms with Gasteiger partial charge in [-0.1, -0.05) is 30.3 Å². The first-order chi connectivity index (χ1) is 15.5. The van der Waals surface area contributed by atoms with Gasteiger partial charge in [0.05, 0.1) is 4.90 Å². The molecule has 0 spiro atoms. The van der Waals surface area contributed by atoms with Gasteiger partial charge < -0.3 is 9.80 Å². The number of hydroxylamine groups is 1. The Morgan fingerprint density at radius 3 is 2.16 bits per heavy atom. The molecule has 0 bridgehead atoms. The van der Waals surface area contributed by atoms with Gasteiger partial charge in [0.15, 0.2) is 0 Å². The molecule has 32 heavy (non-hydrogen) atoms. The van der Waals surface area contributed by atoms with Gasteiger partial charge in [-0.3, -0.25) is 10.0 Å². The Kier molecular flexibility index (Phi) is 7.36. The van der Waals surface area contributed by atoms with Crippen LogP contribution in [-0.4, -0.2) is 70.8 Å². The Morgan fingerprint density at radius 1 is 0.906 bits per heavy atom. The number of carbonyl (C=O) groups excluding carboxylic acids is 1. The highest BCUT2D eigenvalue weighted by molar-refractivity contribution is 7.82. The van der Waals surface area contributed by atoms with Crippen molar-refractivity contribution in [3.05, 3.63) is 60.2 Å². The van der Waals surface area contributed by atoms with E-state index in [0.29, 0.717) is 31.5 Å². The monoisotopic (exact) mass is 454 g/mol. The van der Waals surface area contributed by atoms with Crippen molar-refractivity contribution in [1.29, 1.82) is 0 Å². The van der Waals surface area contributed by atoms with Crippen LogP contribution in [-0.2, 0) is 15.8 Å². The number of piperazine rings is 1. The lowest BCUT2D eigenvalue weighted by Gasteiger charge is -2.34. The molecule has 1 saturated heterocycles. The van der Waals surface area contributed by atoms with Crippen LogP contribution in [0.3, 0.4) is 0 Å². The molecule has 170 valence electrons. The molecule has 2 heterocycles. The van der Waals surface area contributed by atoms with Crippen LogP contribution in [0, 0.1) is 0 Å². The average Bonchev–Trinajstić information content (AvgIpc) is 3.10. The van der Waals surface area contributed by atoms with E-state index < -0.39 is 16.9 Å². The first-order valence-corrected chi connectivity index (χ1v) is 12.1. The van der Waals surface area contributed by atoms with Crippen LogP contribution in [0.5, 0.6) is 0 Å². The number of nitrogens with one attached hydrogen (secondary N) is 1. The van der Waals surface area contributed by atoms with Crippen molar-refractivity contribution in [2.24, 2.45) is 0 Å². The van der Waals surface area contributed by atoms with Gasteiger partial charge in [-0.05, 0) is 55.3 Å². The van der Waals surface area contributed by atoms with Gasteiger partial charge in [0.2, 0.25) is 0 Å². The van der Waals surface area contributed by atoms with Crippen molar-refractivity contribution < 1.29 is 14.2 Å². The van der Waals surface area contributed by atoms with E-state index >= 15 is 0 Å². The Balaban J connectivity index is 1.39. The zero-order valence-corrected chi connectivity index (χ0v) is 19.2. The molecule has 2 aliphatic heterocycles. The van der Waals surface area contributed by atoms with Crippen molar-refractivity contribution in [2.45, 2.75) is 17.7 Å². The standard InChI is InChI=1S/C24H30N4O3S/c1-26-15-17-27(18-16-26)22-8-4-19(5-9-22)20-6-10-23(11-7-20)32(31)28-13-2-3-21(12-14-28)24(29)25-30/h3-11,30H,2,12-18H2,1H3,(H,25,29). The molecule has 2 N–H and O–H groups in total. The summed E-state index contributed by atoms with van der Waals surface area (Å²) in [4.78, 5) is 17.2. The summed E-state index contributed by atoms with van der Waals surface area (Å²) in [7, 11) is 0.870. The molecule has 1 fully saturated rings. The summed E-state index contributed by atoms with van der Waals surface area (Å²) in [6.07, 6.45) is 2.87. The average molecular weight is 455 g/mol. The summed E-state index contributed by atoms with van der Waals surface area (Å²) in [5.41, 5.74) is 5.69. The van der Waals surface area contributed by atoms with Gasteiger partial charge in [0.1, 0.15) is 11.0 Å². The van der Waals surface area contributed by atoms with Gasteiger partial charge >= 0.3 is 0 Å². The van der Waals surface area contributed by atoms with Crippen molar-refractivity contribution in [3.63, 3.8) is 0 Å². The zero-order chi connectivity index (χ0) is 22.5. The van der Waals surface area contributed by atoms with Gasteiger partial charge in [0, 0.05) is 50.5 Å². The Bertz CT molecular complexity index is 983. The number of rotatable bonds is 5. The van der Waals surface area contributed by atoms with Crippen molar-refractivity contribution in [3.8, 4) is 11.1 Å². The first-order valence-electron chi connectivity index (χ1n) is 11.0. The quantitative estimate of drug-likeness (QED) is 0.537. The van der Waals surface area contributed by atoms with E-state index in [0.717, 1.165) is 42.2 Å². The van der Waals surface area contributed by atoms with E-state index in [9.17, 15) is 9.00 Å². The van der Waals surface area contributed by atoms with E-state index in [1.54, 1.807) is 11.6 Å². The van der Waals surface area contributed by atoms with Crippen LogP contribution >= 0.6 is 0 Å². The Hall–Kier alpha value is -2.52. The fraction of sp³-hybridized carbons (Fsp3) is 0.375. The molecule has 0 aromatic heterocycles. The molecule has 7 nitrogen and oxygen atoms in total. The molecule has 0 saturated carbocycles. The molecule has 8 heteroatoms. The first kappa shape index (κ1) is 22.7. The summed E-state index contributed by atoms with van der Waals surface area (Å²) in [6, 6.07) is 16.5. The maximum absolute atomic E-state index is 13.0. The van der Waals surface area contributed by atoms with Crippen molar-refractivity contribution in [2.75, 3.05) is 51.2 Å². The van der Waals surface area contributed by atoms with E-state index in [1.807, 2.05) is 28.6 Å². The summed E-state index contributed by atoms with van der Waals surface area (Å²) in [5, 5.41) is 8.82. The second kappa shape index (κ2) is 10.4. The molecule has 2 aromatic carbocycles. The van der Waals surface area contributed by atoms with Crippen LogP contribution in [0.4, 0.5) is 5.69 Å². The van der Waals surface area contributed by atoms with E-state index in [4.69, 9.17) is 5.21 Å². The molecule has 0 aliphatic carbocycles. The minimum atomic E-state index is -1.29. The fourth-order valence-corrected chi connectivity index (χ4v) is 5.32. The lowest BCUT2D eigenvalue weighted by molar-refractivity contribution is -0.125. The number of carbonyl (C=O) groups is 1. The van der Waals surface area contributed by atoms with Crippen molar-refractivity contribution in [1.82, 2.24) is 14.7 Å². The predicted molar refractivity (Wildman–Crippen MR) is 127 cm³/mol. The number of benzene rings is 2. The van der Waals surface area contributed by atoms with Gasteiger partial charge in [-0.15, -0.1) is 0 Å². The smallest absolute Gasteiger partial charge is 0.270 e. The number of likely N-dealkylation sites (N-methyl/N-ethyl adjacent to an activating group) is 1. The number of anilines is 1. The van der Waals surface area contributed by atoms with E-state index in [-0.39, 0.29) is 0 Å². The van der Waals surface area contributed by atoms with Gasteiger partial charge in [-0.2, -0.15) is 0 Å². The third-order valence-corrected chi connectivity index (χ3v) is 7.66. The molecular formula is C24H30N4O3S. The SMILES string of the molecule is CN1CCN(c2ccc(-c3ccc(S(=O)N4CCC=C(C(=O)NO)CC4)cc3)cc2)CC1. The summed E-state index contributed by atoms with van der Waals surface area (Å²) < 4.78 is 14.9. The molecule has 1 unspecified atom stereocenters. The van der Waals surface area contributed by atoms with E-state index in [1.165, 1.54) is 5.69 Å². The Labute approximate surface area is 191 Å². The third kappa shape index (κ3) is 5.27. The van der Waals surface area contributed by atoms with Gasteiger partial charge in [-0.25, -0.2) is 14.0 Å². The highest BCUT2D eigenvalue weighted by Gasteiger charge is 2.20. The normalized spacial score (nSPS) is 19.2. The topological polar surface area (TPSA) is 76.1 Å². The molecule has 0 radical (unpaired) electrons. The highest BCUT2D eigenvalue weighted by atomic mass is 32.2. The maximum atomic E-state index is 13.0.